The van der Waals surface area contributed by atoms with Gasteiger partial charge < -0.3 is 14.4 Å². The van der Waals surface area contributed by atoms with Crippen molar-refractivity contribution in [2.75, 3.05) is 33.4 Å². The van der Waals surface area contributed by atoms with E-state index in [0.29, 0.717) is 6.61 Å². The number of amides is 1. The number of ether oxygens (including phenoxy) is 2. The van der Waals surface area contributed by atoms with Gasteiger partial charge in [0.05, 0.1) is 6.61 Å². The van der Waals surface area contributed by atoms with Gasteiger partial charge in [0, 0.05) is 44.7 Å². The molecule has 0 radical (unpaired) electrons. The van der Waals surface area contributed by atoms with E-state index < -0.39 is 0 Å². The van der Waals surface area contributed by atoms with E-state index in [4.69, 9.17) is 9.47 Å². The van der Waals surface area contributed by atoms with Gasteiger partial charge in [0.1, 0.15) is 6.61 Å². The van der Waals surface area contributed by atoms with Crippen LogP contribution in [0.4, 0.5) is 4.79 Å². The summed E-state index contributed by atoms with van der Waals surface area (Å²) in [5.74, 6) is 0. The van der Waals surface area contributed by atoms with Crippen molar-refractivity contribution in [3.05, 3.63) is 71.8 Å². The summed E-state index contributed by atoms with van der Waals surface area (Å²) >= 11 is 0. The number of hydrogen-bond acceptors (Lipinski definition) is 4. The number of likely N-dealkylation sites (tertiary alicyclic amines) is 2. The summed E-state index contributed by atoms with van der Waals surface area (Å²) < 4.78 is 11.2. The molecule has 154 valence electrons. The first-order chi connectivity index (χ1) is 14.2. The van der Waals surface area contributed by atoms with Crippen LogP contribution in [0.15, 0.2) is 60.7 Å². The third-order valence-corrected chi connectivity index (χ3v) is 6.16. The highest BCUT2D eigenvalue weighted by Gasteiger charge is 2.47. The molecule has 2 aromatic carbocycles. The first-order valence-electron chi connectivity index (χ1n) is 10.4. The van der Waals surface area contributed by atoms with E-state index in [9.17, 15) is 4.79 Å². The van der Waals surface area contributed by atoms with Crippen molar-refractivity contribution in [2.45, 2.75) is 32.0 Å². The van der Waals surface area contributed by atoms with Crippen LogP contribution in [0, 0.1) is 5.41 Å². The number of methoxy groups -OCH3 is 1. The maximum absolute atomic E-state index is 12.9. The number of rotatable bonds is 6. The van der Waals surface area contributed by atoms with Crippen molar-refractivity contribution in [3.8, 4) is 0 Å². The Kier molecular flexibility index (Phi) is 6.16. The normalized spacial score (nSPS) is 24.3. The van der Waals surface area contributed by atoms with Crippen molar-refractivity contribution in [1.82, 2.24) is 9.80 Å². The van der Waals surface area contributed by atoms with Crippen molar-refractivity contribution >= 4 is 6.09 Å². The molecule has 4 rings (SSSR count). The average Bonchev–Trinajstić information content (AvgIpc) is 2.73. The molecule has 2 saturated heterocycles. The van der Waals surface area contributed by atoms with Gasteiger partial charge in [0.2, 0.25) is 0 Å². The number of hydrogen-bond donors (Lipinski definition) is 0. The lowest BCUT2D eigenvalue weighted by molar-refractivity contribution is -0.0698. The summed E-state index contributed by atoms with van der Waals surface area (Å²) in [7, 11) is 1.78. The zero-order valence-corrected chi connectivity index (χ0v) is 17.1. The summed E-state index contributed by atoms with van der Waals surface area (Å²) in [6.07, 6.45) is 1.72. The van der Waals surface area contributed by atoms with E-state index in [1.54, 1.807) is 7.11 Å². The highest BCUT2D eigenvalue weighted by atomic mass is 16.6. The summed E-state index contributed by atoms with van der Waals surface area (Å²) in [5.41, 5.74) is 2.43. The van der Waals surface area contributed by atoms with Crippen molar-refractivity contribution in [3.63, 3.8) is 0 Å². The van der Waals surface area contributed by atoms with Crippen LogP contribution in [0.5, 0.6) is 0 Å². The third-order valence-electron chi connectivity index (χ3n) is 6.16. The molecule has 5 nitrogen and oxygen atoms in total. The second-order valence-corrected chi connectivity index (χ2v) is 8.43. The quantitative estimate of drug-likeness (QED) is 0.744. The summed E-state index contributed by atoms with van der Waals surface area (Å²) in [4.78, 5) is 17.3. The number of carbonyl (C=O) groups is 1. The Balaban J connectivity index is 1.43. The van der Waals surface area contributed by atoms with Crippen LogP contribution in [0.3, 0.4) is 0 Å². The standard InChI is InChI=1S/C24H30N2O3/c1-28-19-24-12-13-26(23(27)29-17-21-10-6-3-7-11-21)22(14-24)16-25(18-24)15-20-8-4-2-5-9-20/h2-11,22H,12-19H2,1H3. The molecule has 2 bridgehead atoms. The molecular weight excluding hydrogens is 364 g/mol. The fraction of sp³-hybridized carbons (Fsp3) is 0.458. The first-order valence-corrected chi connectivity index (χ1v) is 10.4. The van der Waals surface area contributed by atoms with Crippen LogP contribution in [0.2, 0.25) is 0 Å². The predicted molar refractivity (Wildman–Crippen MR) is 112 cm³/mol. The Labute approximate surface area is 173 Å². The Morgan fingerprint density at radius 1 is 1.07 bits per heavy atom. The minimum absolute atomic E-state index is 0.114. The molecule has 29 heavy (non-hydrogen) atoms. The lowest BCUT2D eigenvalue weighted by Crippen LogP contribution is -2.62. The Hall–Kier alpha value is -2.37. The molecule has 0 N–H and O–H groups in total. The fourth-order valence-electron chi connectivity index (χ4n) is 4.88. The van der Waals surface area contributed by atoms with Crippen molar-refractivity contribution < 1.29 is 14.3 Å². The number of fused-ring (bicyclic) bond motifs is 2. The van der Waals surface area contributed by atoms with Crippen LogP contribution in [0.1, 0.15) is 24.0 Å². The van der Waals surface area contributed by atoms with Crippen molar-refractivity contribution in [2.24, 2.45) is 5.41 Å². The zero-order valence-electron chi connectivity index (χ0n) is 17.1. The minimum atomic E-state index is -0.202. The molecule has 2 heterocycles. The fourth-order valence-corrected chi connectivity index (χ4v) is 4.88. The molecular formula is C24H30N2O3. The molecule has 0 aliphatic carbocycles. The van der Waals surface area contributed by atoms with E-state index in [1.165, 1.54) is 5.56 Å². The van der Waals surface area contributed by atoms with E-state index in [1.807, 2.05) is 41.3 Å². The second kappa shape index (κ2) is 8.97. The molecule has 2 aliphatic rings. The molecule has 1 amide bonds. The van der Waals surface area contributed by atoms with Crippen molar-refractivity contribution in [1.29, 1.82) is 0 Å². The number of carbonyl (C=O) groups excluding carboxylic acids is 1. The van der Waals surface area contributed by atoms with E-state index in [0.717, 1.165) is 51.2 Å². The Morgan fingerprint density at radius 3 is 2.45 bits per heavy atom. The van der Waals surface area contributed by atoms with Gasteiger partial charge in [0.25, 0.3) is 0 Å². The van der Waals surface area contributed by atoms with Gasteiger partial charge in [-0.15, -0.1) is 0 Å². The Bertz CT molecular complexity index is 798. The molecule has 2 atom stereocenters. The van der Waals surface area contributed by atoms with Crippen LogP contribution >= 0.6 is 0 Å². The maximum Gasteiger partial charge on any atom is 0.410 e. The number of piperidine rings is 2. The SMILES string of the molecule is COCC12CCN(C(=O)OCc3ccccc3)C(CN(Cc3ccccc3)C1)C2. The second-order valence-electron chi connectivity index (χ2n) is 8.43. The topological polar surface area (TPSA) is 42.0 Å². The molecule has 5 heteroatoms. The minimum Gasteiger partial charge on any atom is -0.445 e. The third kappa shape index (κ3) is 4.80. The molecule has 2 aromatic rings. The van der Waals surface area contributed by atoms with Crippen LogP contribution in [0.25, 0.3) is 0 Å². The largest absolute Gasteiger partial charge is 0.445 e. The number of benzene rings is 2. The predicted octanol–water partition coefficient (Wildman–Crippen LogP) is 3.94. The van der Waals surface area contributed by atoms with Gasteiger partial charge in [-0.3, -0.25) is 4.90 Å². The molecule has 2 unspecified atom stereocenters. The number of nitrogens with zero attached hydrogens (tertiary/aromatic N) is 2. The summed E-state index contributed by atoms with van der Waals surface area (Å²) in [6, 6.07) is 20.6. The van der Waals surface area contributed by atoms with Crippen LogP contribution < -0.4 is 0 Å². The van der Waals surface area contributed by atoms with Gasteiger partial charge in [-0.05, 0) is 24.0 Å². The van der Waals surface area contributed by atoms with Gasteiger partial charge in [-0.1, -0.05) is 60.7 Å². The first kappa shape index (κ1) is 19.9. The van der Waals surface area contributed by atoms with Gasteiger partial charge in [-0.2, -0.15) is 0 Å². The zero-order chi connectivity index (χ0) is 20.1. The summed E-state index contributed by atoms with van der Waals surface area (Å²) in [5, 5.41) is 0. The van der Waals surface area contributed by atoms with E-state index in [-0.39, 0.29) is 17.6 Å². The van der Waals surface area contributed by atoms with Gasteiger partial charge in [-0.25, -0.2) is 4.79 Å². The van der Waals surface area contributed by atoms with Gasteiger partial charge in [0.15, 0.2) is 0 Å². The monoisotopic (exact) mass is 394 g/mol. The highest BCUT2D eigenvalue weighted by molar-refractivity contribution is 5.68. The smallest absolute Gasteiger partial charge is 0.410 e. The molecule has 2 fully saturated rings. The Morgan fingerprint density at radius 2 is 1.76 bits per heavy atom. The highest BCUT2D eigenvalue weighted by Crippen LogP contribution is 2.40. The van der Waals surface area contributed by atoms with Gasteiger partial charge >= 0.3 is 6.09 Å². The summed E-state index contributed by atoms with van der Waals surface area (Å²) in [6.45, 7) is 4.58. The van der Waals surface area contributed by atoms with E-state index >= 15 is 0 Å². The molecule has 0 spiro atoms. The maximum atomic E-state index is 12.9. The lowest BCUT2D eigenvalue weighted by atomic mass is 9.72. The lowest BCUT2D eigenvalue weighted by Gasteiger charge is -2.53. The van der Waals surface area contributed by atoms with Crippen LogP contribution in [-0.4, -0.2) is 55.3 Å². The molecule has 0 saturated carbocycles. The van der Waals surface area contributed by atoms with Crippen LogP contribution in [-0.2, 0) is 22.6 Å². The molecule has 2 aliphatic heterocycles. The van der Waals surface area contributed by atoms with E-state index in [2.05, 4.69) is 29.2 Å². The molecule has 0 aromatic heterocycles. The average molecular weight is 395 g/mol.